The zero-order valence-electron chi connectivity index (χ0n) is 28.1. The Morgan fingerprint density at radius 2 is 1.62 bits per heavy atom. The Morgan fingerprint density at radius 3 is 2.29 bits per heavy atom. The van der Waals surface area contributed by atoms with Crippen LogP contribution in [0.4, 0.5) is 17.6 Å². The molecule has 6 rings (SSSR count). The average molecular weight is 737 g/mol. The number of aliphatic carboxylic acids is 1. The topological polar surface area (TPSA) is 95.9 Å². The number of hydrogen-bond donors (Lipinski definition) is 2. The van der Waals surface area contributed by atoms with Crippen molar-refractivity contribution < 1.29 is 41.8 Å². The van der Waals surface area contributed by atoms with Crippen LogP contribution in [0.1, 0.15) is 59.9 Å². The van der Waals surface area contributed by atoms with Gasteiger partial charge in [-0.25, -0.2) is 9.18 Å². The molecule has 1 fully saturated rings. The molecule has 7 nitrogen and oxygen atoms in total. The van der Waals surface area contributed by atoms with Crippen LogP contribution in [0.5, 0.6) is 5.75 Å². The molecule has 1 saturated carbocycles. The number of carboxylic acid groups (broad SMARTS) is 1. The predicted molar refractivity (Wildman–Crippen MR) is 187 cm³/mol. The molecule has 272 valence electrons. The minimum absolute atomic E-state index is 0.0264. The number of nitrogens with one attached hydrogen (secondary N) is 1. The smallest absolute Gasteiger partial charge is 0.416 e. The maximum atomic E-state index is 14.6. The summed E-state index contributed by atoms with van der Waals surface area (Å²) in [4.78, 5) is 41.5. The highest BCUT2D eigenvalue weighted by Gasteiger charge is 2.38. The molecule has 4 aromatic carbocycles. The average Bonchev–Trinajstić information content (AvgIpc) is 3.64. The van der Waals surface area contributed by atoms with E-state index in [9.17, 15) is 37.1 Å². The fourth-order valence-corrected chi connectivity index (χ4v) is 7.21. The predicted octanol–water partition coefficient (Wildman–Crippen LogP) is 8.39. The van der Waals surface area contributed by atoms with Crippen molar-refractivity contribution in [1.29, 1.82) is 0 Å². The van der Waals surface area contributed by atoms with Gasteiger partial charge in [-0.2, -0.15) is 13.2 Å². The van der Waals surface area contributed by atoms with Crippen LogP contribution in [0, 0.1) is 11.7 Å². The zero-order valence-corrected chi connectivity index (χ0v) is 28.9. The van der Waals surface area contributed by atoms with E-state index in [0.717, 1.165) is 42.4 Å². The van der Waals surface area contributed by atoms with E-state index in [1.54, 1.807) is 18.2 Å². The summed E-state index contributed by atoms with van der Waals surface area (Å²) in [7, 11) is 0. The Kier molecular flexibility index (Phi) is 11.2. The molecule has 2 atom stereocenters. The molecular weight excluding hydrogens is 700 g/mol. The van der Waals surface area contributed by atoms with Crippen LogP contribution < -0.4 is 10.1 Å². The normalized spacial score (nSPS) is 16.6. The molecule has 1 aliphatic heterocycles. The number of carbonyl (C=O) groups excluding carboxylic acids is 2. The van der Waals surface area contributed by atoms with E-state index in [1.165, 1.54) is 4.90 Å². The van der Waals surface area contributed by atoms with Gasteiger partial charge in [0.1, 0.15) is 30.3 Å². The first-order valence-corrected chi connectivity index (χ1v) is 17.5. The first-order chi connectivity index (χ1) is 24.9. The summed E-state index contributed by atoms with van der Waals surface area (Å²) >= 11 is 5.73. The third kappa shape index (κ3) is 8.75. The van der Waals surface area contributed by atoms with Gasteiger partial charge < -0.3 is 20.1 Å². The van der Waals surface area contributed by atoms with Crippen LogP contribution in [0.25, 0.3) is 11.1 Å². The number of carbonyl (C=O) groups is 3. The maximum absolute atomic E-state index is 14.6. The molecule has 2 N–H and O–H groups in total. The number of amides is 2. The second-order valence-electron chi connectivity index (χ2n) is 13.4. The van der Waals surface area contributed by atoms with E-state index in [-0.39, 0.29) is 48.9 Å². The largest absolute Gasteiger partial charge is 0.489 e. The number of halogens is 5. The van der Waals surface area contributed by atoms with E-state index in [4.69, 9.17) is 16.3 Å². The number of benzene rings is 4. The van der Waals surface area contributed by atoms with Gasteiger partial charge >= 0.3 is 12.1 Å². The quantitative estimate of drug-likeness (QED) is 0.151. The molecule has 4 aromatic rings. The number of ether oxygens (including phenoxy) is 1. The fraction of sp³-hybridized carbons (Fsp3) is 0.325. The van der Waals surface area contributed by atoms with E-state index in [0.29, 0.717) is 23.3 Å². The fourth-order valence-electron chi connectivity index (χ4n) is 6.97. The van der Waals surface area contributed by atoms with E-state index in [1.807, 2.05) is 54.6 Å². The third-order valence-corrected chi connectivity index (χ3v) is 10.1. The molecule has 0 bridgehead atoms. The van der Waals surface area contributed by atoms with Gasteiger partial charge in [-0.15, -0.1) is 0 Å². The van der Waals surface area contributed by atoms with Crippen LogP contribution in [-0.4, -0.2) is 39.9 Å². The molecule has 0 spiro atoms. The standard InChI is InChI=1S/C40H37ClF4N2O5/c41-33-21-31(40(43,44)45)18-30(37(33)42)23-52-32-15-14-28-20-35(47(22-29(28)19-32)36(48)17-24-6-4-5-7-24)38(49)46-34(39(50)51)16-25-10-12-27(13-11-25)26-8-2-1-3-9-26/h1-3,8-15,18-19,21,24,34-35H,4-7,16-17,20,22-23H2,(H,46,49)(H,50,51)/t34-,35?/m0/s1. The number of carboxylic acids is 1. The summed E-state index contributed by atoms with van der Waals surface area (Å²) in [5.74, 6) is -2.63. The van der Waals surface area contributed by atoms with Crippen molar-refractivity contribution in [2.75, 3.05) is 0 Å². The monoisotopic (exact) mass is 736 g/mol. The Bertz CT molecular complexity index is 1930. The highest BCUT2D eigenvalue weighted by Crippen LogP contribution is 2.35. The van der Waals surface area contributed by atoms with Gasteiger partial charge in [-0.1, -0.05) is 85.1 Å². The highest BCUT2D eigenvalue weighted by atomic mass is 35.5. The van der Waals surface area contributed by atoms with Crippen molar-refractivity contribution in [1.82, 2.24) is 10.2 Å². The molecule has 1 heterocycles. The number of nitrogens with zero attached hydrogens (tertiary/aromatic N) is 1. The number of fused-ring (bicyclic) bond motifs is 1. The van der Waals surface area contributed by atoms with Crippen molar-refractivity contribution in [3.8, 4) is 16.9 Å². The van der Waals surface area contributed by atoms with Gasteiger partial charge in [-0.3, -0.25) is 9.59 Å². The molecule has 2 aliphatic rings. The lowest BCUT2D eigenvalue weighted by Gasteiger charge is -2.37. The Hall–Kier alpha value is -4.90. The van der Waals surface area contributed by atoms with Crippen LogP contribution in [0.3, 0.4) is 0 Å². The Labute approximate surface area is 303 Å². The summed E-state index contributed by atoms with van der Waals surface area (Å²) in [6.07, 6.45) is -0.474. The molecule has 1 aliphatic carbocycles. The number of rotatable bonds is 11. The third-order valence-electron chi connectivity index (χ3n) is 9.81. The first-order valence-electron chi connectivity index (χ1n) is 17.1. The molecule has 1 unspecified atom stereocenters. The van der Waals surface area contributed by atoms with Crippen LogP contribution in [-0.2, 0) is 46.6 Å². The van der Waals surface area contributed by atoms with Crippen molar-refractivity contribution >= 4 is 29.4 Å². The van der Waals surface area contributed by atoms with E-state index in [2.05, 4.69) is 5.32 Å². The Morgan fingerprint density at radius 1 is 0.923 bits per heavy atom. The summed E-state index contributed by atoms with van der Waals surface area (Å²) in [6, 6.07) is 21.0. The van der Waals surface area contributed by atoms with E-state index >= 15 is 0 Å². The van der Waals surface area contributed by atoms with Gasteiger partial charge in [0, 0.05) is 31.4 Å². The summed E-state index contributed by atoms with van der Waals surface area (Å²) in [5.41, 5.74) is 2.60. The van der Waals surface area contributed by atoms with Gasteiger partial charge in [0.05, 0.1) is 10.6 Å². The molecule has 2 amide bonds. The molecule has 52 heavy (non-hydrogen) atoms. The highest BCUT2D eigenvalue weighted by molar-refractivity contribution is 6.30. The number of hydrogen-bond acceptors (Lipinski definition) is 4. The lowest BCUT2D eigenvalue weighted by Crippen LogP contribution is -2.56. The Balaban J connectivity index is 1.19. The molecule has 0 radical (unpaired) electrons. The number of alkyl halides is 3. The van der Waals surface area contributed by atoms with Gasteiger partial charge in [-0.05, 0) is 70.8 Å². The minimum Gasteiger partial charge on any atom is -0.489 e. The zero-order chi connectivity index (χ0) is 37.0. The van der Waals surface area contributed by atoms with Gasteiger partial charge in [0.2, 0.25) is 11.8 Å². The van der Waals surface area contributed by atoms with Gasteiger partial charge in [0.25, 0.3) is 0 Å². The molecule has 12 heteroatoms. The van der Waals surface area contributed by atoms with Crippen LogP contribution in [0.2, 0.25) is 5.02 Å². The van der Waals surface area contributed by atoms with Crippen LogP contribution in [0.15, 0.2) is 84.9 Å². The van der Waals surface area contributed by atoms with Gasteiger partial charge in [0.15, 0.2) is 0 Å². The van der Waals surface area contributed by atoms with Crippen LogP contribution >= 0.6 is 11.6 Å². The SMILES string of the molecule is O=C(N[C@@H](Cc1ccc(-c2ccccc2)cc1)C(=O)O)C1Cc2ccc(OCc3cc(C(F)(F)F)cc(Cl)c3F)cc2CN1C(=O)CC1CCCC1. The van der Waals surface area contributed by atoms with Crippen molar-refractivity contribution in [3.05, 3.63) is 124 Å². The van der Waals surface area contributed by atoms with Crippen molar-refractivity contribution in [3.63, 3.8) is 0 Å². The van der Waals surface area contributed by atoms with Crippen molar-refractivity contribution in [2.24, 2.45) is 5.92 Å². The summed E-state index contributed by atoms with van der Waals surface area (Å²) in [6.45, 7) is -0.506. The van der Waals surface area contributed by atoms with E-state index < -0.39 is 53.1 Å². The molecule has 0 saturated heterocycles. The maximum Gasteiger partial charge on any atom is 0.416 e. The summed E-state index contributed by atoms with van der Waals surface area (Å²) < 4.78 is 60.2. The molecular formula is C40H37ClF4N2O5. The van der Waals surface area contributed by atoms with Crippen molar-refractivity contribution in [2.45, 2.75) is 76.4 Å². The lowest BCUT2D eigenvalue weighted by molar-refractivity contribution is -0.145. The molecule has 0 aromatic heterocycles. The minimum atomic E-state index is -4.73. The lowest BCUT2D eigenvalue weighted by atomic mass is 9.91. The summed E-state index contributed by atoms with van der Waals surface area (Å²) in [5, 5.41) is 12.1. The second kappa shape index (κ2) is 15.8. The second-order valence-corrected chi connectivity index (χ2v) is 13.8. The first kappa shape index (κ1) is 36.9.